The van der Waals surface area contributed by atoms with E-state index in [4.69, 9.17) is 5.11 Å². The fourth-order valence-electron chi connectivity index (χ4n) is 2.97. The molecule has 0 spiro atoms. The van der Waals surface area contributed by atoms with Crippen molar-refractivity contribution in [2.24, 2.45) is 7.05 Å². The summed E-state index contributed by atoms with van der Waals surface area (Å²) in [4.78, 5) is 28.1. The maximum atomic E-state index is 12.7. The van der Waals surface area contributed by atoms with Gasteiger partial charge < -0.3 is 15.0 Å². The molecule has 0 amide bonds. The molecule has 0 aliphatic heterocycles. The number of nitrogens with one attached hydrogen (secondary N) is 1. The van der Waals surface area contributed by atoms with Crippen LogP contribution in [0.2, 0.25) is 0 Å². The number of nitrogens with zero attached hydrogens (tertiary/aromatic N) is 4. The van der Waals surface area contributed by atoms with Gasteiger partial charge in [-0.25, -0.2) is 4.98 Å². The number of hydrogen-bond acceptors (Lipinski definition) is 5. The summed E-state index contributed by atoms with van der Waals surface area (Å²) in [6, 6.07) is 9.06. The van der Waals surface area contributed by atoms with Gasteiger partial charge in [0.1, 0.15) is 6.54 Å². The van der Waals surface area contributed by atoms with E-state index in [-0.39, 0.29) is 12.1 Å². The summed E-state index contributed by atoms with van der Waals surface area (Å²) in [7, 11) is 1.82. The van der Waals surface area contributed by atoms with Gasteiger partial charge in [-0.1, -0.05) is 12.1 Å². The van der Waals surface area contributed by atoms with Crippen molar-refractivity contribution in [1.29, 1.82) is 0 Å². The molecule has 8 heteroatoms. The first-order valence-electron chi connectivity index (χ1n) is 7.91. The summed E-state index contributed by atoms with van der Waals surface area (Å²) in [6.45, 7) is -0.383. The molecule has 0 atom stereocenters. The number of carboxylic acids is 1. The van der Waals surface area contributed by atoms with E-state index in [0.717, 1.165) is 16.4 Å². The monoisotopic (exact) mass is 349 g/mol. The molecule has 0 bridgehead atoms. The first kappa shape index (κ1) is 15.8. The fourth-order valence-corrected chi connectivity index (χ4v) is 2.97. The zero-order valence-electron chi connectivity index (χ0n) is 13.9. The number of anilines is 2. The van der Waals surface area contributed by atoms with E-state index in [9.17, 15) is 9.59 Å². The molecule has 0 fully saturated rings. The second kappa shape index (κ2) is 5.99. The van der Waals surface area contributed by atoms with E-state index in [1.807, 2.05) is 25.2 Å². The number of rotatable bonds is 4. The van der Waals surface area contributed by atoms with Crippen molar-refractivity contribution in [2.75, 3.05) is 5.32 Å². The Hall–Kier alpha value is -3.68. The van der Waals surface area contributed by atoms with Gasteiger partial charge in [0.25, 0.3) is 5.56 Å². The molecule has 3 heterocycles. The van der Waals surface area contributed by atoms with Gasteiger partial charge >= 0.3 is 5.97 Å². The average molecular weight is 349 g/mol. The van der Waals surface area contributed by atoms with Crippen LogP contribution in [0, 0.1) is 0 Å². The molecule has 130 valence electrons. The highest BCUT2D eigenvalue weighted by Crippen LogP contribution is 2.25. The molecule has 2 N–H and O–H groups in total. The Kier molecular flexibility index (Phi) is 3.65. The number of pyridine rings is 2. The quantitative estimate of drug-likeness (QED) is 0.585. The van der Waals surface area contributed by atoms with Gasteiger partial charge in [-0.05, 0) is 23.6 Å². The van der Waals surface area contributed by atoms with E-state index >= 15 is 0 Å². The minimum atomic E-state index is -1.07. The van der Waals surface area contributed by atoms with Crippen LogP contribution < -0.4 is 10.9 Å². The summed E-state index contributed by atoms with van der Waals surface area (Å²) >= 11 is 0. The summed E-state index contributed by atoms with van der Waals surface area (Å²) in [6.07, 6.45) is 4.88. The minimum absolute atomic E-state index is 0.358. The van der Waals surface area contributed by atoms with Crippen molar-refractivity contribution in [3.63, 3.8) is 0 Å². The predicted molar refractivity (Wildman–Crippen MR) is 97.6 cm³/mol. The van der Waals surface area contributed by atoms with Crippen molar-refractivity contribution in [3.8, 4) is 0 Å². The first-order chi connectivity index (χ1) is 12.5. The van der Waals surface area contributed by atoms with Gasteiger partial charge in [0.2, 0.25) is 0 Å². The molecule has 0 aliphatic rings. The number of carbonyl (C=O) groups is 1. The summed E-state index contributed by atoms with van der Waals surface area (Å²) in [5, 5.41) is 18.4. The number of aromatic nitrogens is 4. The molecular formula is C18H15N5O3. The molecule has 0 saturated carbocycles. The van der Waals surface area contributed by atoms with Gasteiger partial charge in [0.15, 0.2) is 5.65 Å². The standard InChI is InChI=1S/C18H15N5O3/c1-22-17-12(8-20-22)7-13(9-19-17)21-14-4-2-3-11-5-6-23(10-15(24)25)18(26)16(11)14/h2-9,21H,10H2,1H3,(H,24,25). The Labute approximate surface area is 147 Å². The maximum Gasteiger partial charge on any atom is 0.323 e. The van der Waals surface area contributed by atoms with Crippen LogP contribution in [0.5, 0.6) is 0 Å². The lowest BCUT2D eigenvalue weighted by molar-refractivity contribution is -0.137. The summed E-state index contributed by atoms with van der Waals surface area (Å²) in [5.41, 5.74) is 1.71. The van der Waals surface area contributed by atoms with Crippen LogP contribution in [-0.2, 0) is 18.4 Å². The molecule has 1 aromatic carbocycles. The Morgan fingerprint density at radius 3 is 2.88 bits per heavy atom. The van der Waals surface area contributed by atoms with E-state index in [2.05, 4.69) is 15.4 Å². The molecule has 26 heavy (non-hydrogen) atoms. The number of hydrogen-bond donors (Lipinski definition) is 2. The molecule has 0 unspecified atom stereocenters. The number of benzene rings is 1. The van der Waals surface area contributed by atoms with Crippen LogP contribution in [-0.4, -0.2) is 30.4 Å². The van der Waals surface area contributed by atoms with Crippen LogP contribution in [0.1, 0.15) is 0 Å². The molecule has 3 aromatic heterocycles. The largest absolute Gasteiger partial charge is 0.480 e. The van der Waals surface area contributed by atoms with Crippen LogP contribution >= 0.6 is 0 Å². The highest BCUT2D eigenvalue weighted by Gasteiger charge is 2.11. The highest BCUT2D eigenvalue weighted by atomic mass is 16.4. The lowest BCUT2D eigenvalue weighted by Gasteiger charge is -2.11. The average Bonchev–Trinajstić information content (AvgIpc) is 2.98. The Morgan fingerprint density at radius 2 is 2.08 bits per heavy atom. The fraction of sp³-hybridized carbons (Fsp3) is 0.111. The third kappa shape index (κ3) is 2.67. The topological polar surface area (TPSA) is 102 Å². The van der Waals surface area contributed by atoms with E-state index in [0.29, 0.717) is 16.8 Å². The van der Waals surface area contributed by atoms with Crippen molar-refractivity contribution in [3.05, 3.63) is 59.3 Å². The molecule has 8 nitrogen and oxygen atoms in total. The Morgan fingerprint density at radius 1 is 1.23 bits per heavy atom. The van der Waals surface area contributed by atoms with Crippen molar-refractivity contribution < 1.29 is 9.90 Å². The van der Waals surface area contributed by atoms with Crippen LogP contribution in [0.4, 0.5) is 11.4 Å². The SMILES string of the molecule is Cn1ncc2cc(Nc3cccc4ccn(CC(=O)O)c(=O)c34)cnc21. The van der Waals surface area contributed by atoms with Gasteiger partial charge in [-0.15, -0.1) is 0 Å². The van der Waals surface area contributed by atoms with Crippen molar-refractivity contribution in [2.45, 2.75) is 6.54 Å². The molecule has 0 saturated heterocycles. The normalized spacial score (nSPS) is 11.1. The Bertz CT molecular complexity index is 1210. The van der Waals surface area contributed by atoms with Gasteiger partial charge in [0.05, 0.1) is 29.2 Å². The van der Waals surface area contributed by atoms with E-state index < -0.39 is 5.97 Å². The maximum absolute atomic E-state index is 12.7. The lowest BCUT2D eigenvalue weighted by atomic mass is 10.1. The van der Waals surface area contributed by atoms with Gasteiger partial charge in [-0.3, -0.25) is 14.3 Å². The molecule has 0 aliphatic carbocycles. The number of aryl methyl sites for hydroxylation is 1. The second-order valence-corrected chi connectivity index (χ2v) is 5.94. The van der Waals surface area contributed by atoms with E-state index in [1.54, 1.807) is 29.2 Å². The van der Waals surface area contributed by atoms with Crippen LogP contribution in [0.3, 0.4) is 0 Å². The first-order valence-corrected chi connectivity index (χ1v) is 7.91. The zero-order valence-corrected chi connectivity index (χ0v) is 13.9. The molecule has 4 rings (SSSR count). The molecule has 0 radical (unpaired) electrons. The van der Waals surface area contributed by atoms with Crippen molar-refractivity contribution >= 4 is 39.1 Å². The number of fused-ring (bicyclic) bond motifs is 2. The Balaban J connectivity index is 1.82. The smallest absolute Gasteiger partial charge is 0.323 e. The van der Waals surface area contributed by atoms with Crippen LogP contribution in [0.25, 0.3) is 21.8 Å². The van der Waals surface area contributed by atoms with E-state index in [1.165, 1.54) is 10.8 Å². The predicted octanol–water partition coefficient (Wildman–Crippen LogP) is 2.11. The second-order valence-electron chi connectivity index (χ2n) is 5.94. The molecular weight excluding hydrogens is 334 g/mol. The summed E-state index contributed by atoms with van der Waals surface area (Å²) in [5.74, 6) is -1.07. The van der Waals surface area contributed by atoms with Gasteiger partial charge in [-0.2, -0.15) is 5.10 Å². The van der Waals surface area contributed by atoms with Crippen molar-refractivity contribution in [1.82, 2.24) is 19.3 Å². The number of carboxylic acid groups (broad SMARTS) is 1. The number of aliphatic carboxylic acids is 1. The van der Waals surface area contributed by atoms with Crippen LogP contribution in [0.15, 0.2) is 53.7 Å². The third-order valence-electron chi connectivity index (χ3n) is 4.16. The summed E-state index contributed by atoms with van der Waals surface area (Å²) < 4.78 is 2.86. The zero-order chi connectivity index (χ0) is 18.3. The third-order valence-corrected chi connectivity index (χ3v) is 4.16. The molecule has 4 aromatic rings. The minimum Gasteiger partial charge on any atom is -0.480 e. The lowest BCUT2D eigenvalue weighted by Crippen LogP contribution is -2.24. The van der Waals surface area contributed by atoms with Gasteiger partial charge in [0, 0.05) is 18.6 Å². The highest BCUT2D eigenvalue weighted by molar-refractivity contribution is 5.95.